The molecule has 0 aromatic heterocycles. The molecule has 4 nitrogen and oxygen atoms in total. The van der Waals surface area contributed by atoms with Crippen molar-refractivity contribution in [1.29, 1.82) is 0 Å². The van der Waals surface area contributed by atoms with Crippen LogP contribution in [0.25, 0.3) is 0 Å². The maximum Gasteiger partial charge on any atom is 0.148 e. The molecule has 0 saturated carbocycles. The molecule has 1 heterocycles. The van der Waals surface area contributed by atoms with Gasteiger partial charge in [0, 0.05) is 6.42 Å². The monoisotopic (exact) mass is 266 g/mol. The number of Topliss-reactive ketones (excluding diaryl/α,β-unsaturated/α-hetero) is 1. The number of allylic oxidation sites excluding steroid dienone is 4. The van der Waals surface area contributed by atoms with Gasteiger partial charge in [-0.2, -0.15) is 0 Å². The number of nitrogens with zero attached hydrogens (tertiary/aromatic N) is 1. The van der Waals surface area contributed by atoms with E-state index in [2.05, 4.69) is 6.58 Å². The first-order valence-corrected chi connectivity index (χ1v) is 6.72. The van der Waals surface area contributed by atoms with E-state index in [1.54, 1.807) is 24.1 Å². The quantitative estimate of drug-likeness (QED) is 0.472. The van der Waals surface area contributed by atoms with Gasteiger partial charge in [-0.3, -0.25) is 10.6 Å². The van der Waals surface area contributed by atoms with Crippen molar-refractivity contribution in [3.05, 3.63) is 36.6 Å². The molecule has 0 amide bonds. The van der Waals surface area contributed by atoms with Gasteiger partial charge in [-0.1, -0.05) is 32.6 Å². The fourth-order valence-electron chi connectivity index (χ4n) is 1.91. The van der Waals surface area contributed by atoms with Crippen molar-refractivity contribution in [3.8, 4) is 0 Å². The Morgan fingerprint density at radius 3 is 2.53 bits per heavy atom. The second-order valence-corrected chi connectivity index (χ2v) is 4.10. The molecule has 108 valence electrons. The van der Waals surface area contributed by atoms with Crippen molar-refractivity contribution in [2.24, 2.45) is 5.84 Å². The van der Waals surface area contributed by atoms with E-state index in [0.717, 1.165) is 5.76 Å². The molecule has 2 unspecified atom stereocenters. The summed E-state index contributed by atoms with van der Waals surface area (Å²) in [5.41, 5.74) is 0. The molecule has 0 aliphatic carbocycles. The average molecular weight is 266 g/mol. The number of carbonyl (C=O) groups is 1. The molecule has 1 aliphatic heterocycles. The summed E-state index contributed by atoms with van der Waals surface area (Å²) in [6.07, 6.45) is 7.82. The lowest BCUT2D eigenvalue weighted by Crippen LogP contribution is -2.40. The normalized spacial score (nSPS) is 23.9. The lowest BCUT2D eigenvalue weighted by Gasteiger charge is -2.14. The van der Waals surface area contributed by atoms with E-state index in [-0.39, 0.29) is 17.9 Å². The van der Waals surface area contributed by atoms with Crippen LogP contribution in [0.1, 0.15) is 34.1 Å². The SMILES string of the molecule is C=C/C=C(\C=C/C)OC1CC(C(C)=O)N(N)C1.CC. The molecular formula is C15H26N2O2. The molecule has 0 radical (unpaired) electrons. The second-order valence-electron chi connectivity index (χ2n) is 4.10. The van der Waals surface area contributed by atoms with Crippen LogP contribution in [-0.4, -0.2) is 29.5 Å². The highest BCUT2D eigenvalue weighted by atomic mass is 16.5. The minimum absolute atomic E-state index is 0.0451. The maximum atomic E-state index is 11.3. The Hall–Kier alpha value is -1.39. The van der Waals surface area contributed by atoms with Crippen molar-refractivity contribution in [2.45, 2.75) is 46.3 Å². The van der Waals surface area contributed by atoms with Gasteiger partial charge in [-0.05, 0) is 26.0 Å². The summed E-state index contributed by atoms with van der Waals surface area (Å²) in [5, 5.41) is 1.55. The summed E-state index contributed by atoms with van der Waals surface area (Å²) in [5.74, 6) is 6.59. The molecule has 4 heteroatoms. The van der Waals surface area contributed by atoms with Crippen molar-refractivity contribution in [1.82, 2.24) is 5.01 Å². The Kier molecular flexibility index (Phi) is 8.83. The highest BCUT2D eigenvalue weighted by molar-refractivity contribution is 5.81. The lowest BCUT2D eigenvalue weighted by atomic mass is 10.1. The molecule has 1 fully saturated rings. The fraction of sp³-hybridized carbons (Fsp3) is 0.533. The lowest BCUT2D eigenvalue weighted by molar-refractivity contribution is -0.121. The predicted molar refractivity (Wildman–Crippen MR) is 79.3 cm³/mol. The van der Waals surface area contributed by atoms with Crippen molar-refractivity contribution in [2.75, 3.05) is 6.54 Å². The zero-order valence-corrected chi connectivity index (χ0v) is 12.4. The second kappa shape index (κ2) is 9.53. The standard InChI is InChI=1S/C13H20N2O2.C2H6/c1-4-6-11(7-5-2)17-12-8-13(10(3)16)15(14)9-12;1-2/h4-7,12-13H,1,8-9,14H2,2-3H3;1-2H3/b7-5-,11-6+;. The summed E-state index contributed by atoms with van der Waals surface area (Å²) in [6, 6.07) is -0.226. The van der Waals surface area contributed by atoms with E-state index in [1.807, 2.05) is 32.9 Å². The van der Waals surface area contributed by atoms with Gasteiger partial charge in [-0.15, -0.1) is 0 Å². The fourth-order valence-corrected chi connectivity index (χ4v) is 1.91. The van der Waals surface area contributed by atoms with Gasteiger partial charge in [-0.25, -0.2) is 5.01 Å². The molecule has 1 aliphatic rings. The Bertz CT molecular complexity index is 348. The number of hydrogen-bond acceptors (Lipinski definition) is 4. The third-order valence-corrected chi connectivity index (χ3v) is 2.69. The highest BCUT2D eigenvalue weighted by Gasteiger charge is 2.34. The Morgan fingerprint density at radius 2 is 2.11 bits per heavy atom. The topological polar surface area (TPSA) is 55.6 Å². The van der Waals surface area contributed by atoms with E-state index in [4.69, 9.17) is 10.6 Å². The van der Waals surface area contributed by atoms with Crippen LogP contribution in [0.4, 0.5) is 0 Å². The summed E-state index contributed by atoms with van der Waals surface area (Å²) in [6.45, 7) is 11.7. The molecule has 0 aromatic rings. The summed E-state index contributed by atoms with van der Waals surface area (Å²) in [4.78, 5) is 11.3. The van der Waals surface area contributed by atoms with Crippen LogP contribution in [0, 0.1) is 0 Å². The van der Waals surface area contributed by atoms with Gasteiger partial charge in [0.1, 0.15) is 17.6 Å². The van der Waals surface area contributed by atoms with Crippen LogP contribution in [0.5, 0.6) is 0 Å². The number of carbonyl (C=O) groups excluding carboxylic acids is 1. The van der Waals surface area contributed by atoms with Crippen LogP contribution in [0.3, 0.4) is 0 Å². The summed E-state index contributed by atoms with van der Waals surface area (Å²) in [7, 11) is 0. The van der Waals surface area contributed by atoms with Crippen molar-refractivity contribution < 1.29 is 9.53 Å². The number of hydrazine groups is 1. The number of ether oxygens (including phenoxy) is 1. The Morgan fingerprint density at radius 1 is 1.47 bits per heavy atom. The third-order valence-electron chi connectivity index (χ3n) is 2.69. The molecule has 2 N–H and O–H groups in total. The van der Waals surface area contributed by atoms with Gasteiger partial charge in [0.05, 0.1) is 12.6 Å². The highest BCUT2D eigenvalue weighted by Crippen LogP contribution is 2.20. The molecule has 1 rings (SSSR count). The molecule has 1 saturated heterocycles. The first-order chi connectivity index (χ1) is 9.08. The zero-order chi connectivity index (χ0) is 14.8. The first kappa shape index (κ1) is 17.6. The maximum absolute atomic E-state index is 11.3. The largest absolute Gasteiger partial charge is 0.489 e. The average Bonchev–Trinajstić information content (AvgIpc) is 2.73. The first-order valence-electron chi connectivity index (χ1n) is 6.72. The van der Waals surface area contributed by atoms with Gasteiger partial charge >= 0.3 is 0 Å². The Labute approximate surface area is 116 Å². The third kappa shape index (κ3) is 5.85. The molecule has 2 atom stereocenters. The molecule has 0 spiro atoms. The van der Waals surface area contributed by atoms with Crippen LogP contribution >= 0.6 is 0 Å². The molecule has 0 bridgehead atoms. The van der Waals surface area contributed by atoms with E-state index in [0.29, 0.717) is 13.0 Å². The van der Waals surface area contributed by atoms with Crippen LogP contribution in [0.2, 0.25) is 0 Å². The zero-order valence-electron chi connectivity index (χ0n) is 12.4. The number of nitrogens with two attached hydrogens (primary N) is 1. The van der Waals surface area contributed by atoms with E-state index in [1.165, 1.54) is 0 Å². The van der Waals surface area contributed by atoms with Gasteiger partial charge in [0.15, 0.2) is 0 Å². The minimum Gasteiger partial charge on any atom is -0.489 e. The van der Waals surface area contributed by atoms with Crippen LogP contribution < -0.4 is 5.84 Å². The molecular weight excluding hydrogens is 240 g/mol. The van der Waals surface area contributed by atoms with Gasteiger partial charge in [0.2, 0.25) is 0 Å². The summed E-state index contributed by atoms with van der Waals surface area (Å²) < 4.78 is 5.77. The van der Waals surface area contributed by atoms with E-state index < -0.39 is 0 Å². The van der Waals surface area contributed by atoms with Crippen LogP contribution in [-0.2, 0) is 9.53 Å². The van der Waals surface area contributed by atoms with E-state index in [9.17, 15) is 4.79 Å². The summed E-state index contributed by atoms with van der Waals surface area (Å²) >= 11 is 0. The predicted octanol–water partition coefficient (Wildman–Crippen LogP) is 2.58. The van der Waals surface area contributed by atoms with Crippen LogP contribution in [0.15, 0.2) is 36.6 Å². The van der Waals surface area contributed by atoms with Crippen molar-refractivity contribution >= 4 is 5.78 Å². The smallest absolute Gasteiger partial charge is 0.148 e. The van der Waals surface area contributed by atoms with Crippen molar-refractivity contribution in [3.63, 3.8) is 0 Å². The number of hydrogen-bond donors (Lipinski definition) is 1. The molecule has 19 heavy (non-hydrogen) atoms. The Balaban J connectivity index is 0.00000154. The minimum atomic E-state index is -0.226. The van der Waals surface area contributed by atoms with Gasteiger partial charge in [0.25, 0.3) is 0 Å². The van der Waals surface area contributed by atoms with Gasteiger partial charge < -0.3 is 4.74 Å². The number of rotatable bonds is 5. The molecule has 0 aromatic carbocycles. The van der Waals surface area contributed by atoms with E-state index >= 15 is 0 Å². The number of ketones is 1.